The minimum atomic E-state index is -5.96. The summed E-state index contributed by atoms with van der Waals surface area (Å²) in [4.78, 5) is 0. The first-order valence-electron chi connectivity index (χ1n) is 9.70. The standard InChI is InChI=1S/C19H23F7O2/c20-16(8-12-2-4-15(16)7-12)17(18(21,22)23,19(24,25)26)28-10-27-9-14-6-11-1-3-13(14)5-11/h2,4,11-15H,1,3,5-10H2. The van der Waals surface area contributed by atoms with Crippen molar-refractivity contribution >= 4 is 0 Å². The van der Waals surface area contributed by atoms with Crippen molar-refractivity contribution in [2.24, 2.45) is 29.6 Å². The Morgan fingerprint density at radius 2 is 1.64 bits per heavy atom. The summed E-state index contributed by atoms with van der Waals surface area (Å²) < 4.78 is 108. The van der Waals surface area contributed by atoms with E-state index in [0.29, 0.717) is 11.8 Å². The summed E-state index contributed by atoms with van der Waals surface area (Å²) in [5.74, 6) is -1.02. The lowest BCUT2D eigenvalue weighted by Crippen LogP contribution is -2.71. The van der Waals surface area contributed by atoms with Crippen molar-refractivity contribution in [2.45, 2.75) is 62.1 Å². The molecule has 28 heavy (non-hydrogen) atoms. The number of hydrogen-bond donors (Lipinski definition) is 0. The van der Waals surface area contributed by atoms with E-state index in [-0.39, 0.29) is 18.9 Å². The SMILES string of the molecule is FC(F)(F)C(OCOCC1CC2CCC1C2)(C(F)(F)F)C1(F)CC2C=CC1C2. The number of hydrogen-bond acceptors (Lipinski definition) is 2. The summed E-state index contributed by atoms with van der Waals surface area (Å²) in [5, 5.41) is 0. The maximum absolute atomic E-state index is 15.5. The molecular weight excluding hydrogens is 393 g/mol. The van der Waals surface area contributed by atoms with Gasteiger partial charge in [-0.25, -0.2) is 4.39 Å². The van der Waals surface area contributed by atoms with E-state index >= 15 is 4.39 Å². The molecule has 0 aliphatic heterocycles. The number of ether oxygens (including phenoxy) is 2. The molecule has 3 fully saturated rings. The van der Waals surface area contributed by atoms with Crippen LogP contribution in [0.4, 0.5) is 30.7 Å². The number of rotatable bonds is 6. The molecule has 0 amide bonds. The predicted molar refractivity (Wildman–Crippen MR) is 84.9 cm³/mol. The monoisotopic (exact) mass is 416 g/mol. The third kappa shape index (κ3) is 2.90. The van der Waals surface area contributed by atoms with Crippen LogP contribution in [-0.2, 0) is 9.47 Å². The Hall–Kier alpha value is -0.830. The first-order valence-corrected chi connectivity index (χ1v) is 9.70. The molecule has 4 rings (SSSR count). The zero-order chi connectivity index (χ0) is 20.4. The van der Waals surface area contributed by atoms with Crippen molar-refractivity contribution in [1.29, 1.82) is 0 Å². The van der Waals surface area contributed by atoms with Gasteiger partial charge in [0, 0.05) is 5.92 Å². The summed E-state index contributed by atoms with van der Waals surface area (Å²) >= 11 is 0. The minimum absolute atomic E-state index is 0.0399. The van der Waals surface area contributed by atoms with E-state index in [4.69, 9.17) is 4.74 Å². The zero-order valence-electron chi connectivity index (χ0n) is 15.2. The Bertz CT molecular complexity index is 615. The Balaban J connectivity index is 1.51. The van der Waals surface area contributed by atoms with Crippen LogP contribution in [0.15, 0.2) is 12.2 Å². The fraction of sp³-hybridized carbons (Fsp3) is 0.895. The van der Waals surface area contributed by atoms with Gasteiger partial charge in [0.2, 0.25) is 0 Å². The highest BCUT2D eigenvalue weighted by atomic mass is 19.4. The predicted octanol–water partition coefficient (Wildman–Crippen LogP) is 5.58. The second-order valence-electron chi connectivity index (χ2n) is 8.80. The number of fused-ring (bicyclic) bond motifs is 4. The number of alkyl halides is 7. The first-order chi connectivity index (χ1) is 13.0. The molecule has 0 spiro atoms. The van der Waals surface area contributed by atoms with Crippen LogP contribution in [0.5, 0.6) is 0 Å². The first kappa shape index (κ1) is 20.4. The Morgan fingerprint density at radius 1 is 0.929 bits per heavy atom. The third-order valence-corrected chi connectivity index (χ3v) is 7.28. The van der Waals surface area contributed by atoms with Gasteiger partial charge in [-0.15, -0.1) is 0 Å². The van der Waals surface area contributed by atoms with Crippen LogP contribution in [0.25, 0.3) is 0 Å². The topological polar surface area (TPSA) is 18.5 Å². The normalized spacial score (nSPS) is 40.0. The molecule has 2 nitrogen and oxygen atoms in total. The second kappa shape index (κ2) is 6.59. The summed E-state index contributed by atoms with van der Waals surface area (Å²) in [6.45, 7) is -1.20. The molecule has 6 unspecified atom stereocenters. The highest BCUT2D eigenvalue weighted by Crippen LogP contribution is 2.63. The van der Waals surface area contributed by atoms with Crippen molar-refractivity contribution in [2.75, 3.05) is 13.4 Å². The highest BCUT2D eigenvalue weighted by molar-refractivity contribution is 5.26. The van der Waals surface area contributed by atoms with Crippen LogP contribution in [0, 0.1) is 29.6 Å². The summed E-state index contributed by atoms with van der Waals surface area (Å²) in [6, 6.07) is 0. The molecule has 0 heterocycles. The van der Waals surface area contributed by atoms with Gasteiger partial charge in [0.15, 0.2) is 5.67 Å². The molecular formula is C19H23F7O2. The molecule has 0 aromatic heterocycles. The average Bonchev–Trinajstić information content (AvgIpc) is 3.32. The Morgan fingerprint density at radius 3 is 2.11 bits per heavy atom. The van der Waals surface area contributed by atoms with E-state index in [1.807, 2.05) is 0 Å². The van der Waals surface area contributed by atoms with Gasteiger partial charge in [-0.3, -0.25) is 0 Å². The molecule has 0 aromatic rings. The van der Waals surface area contributed by atoms with Crippen molar-refractivity contribution in [3.8, 4) is 0 Å². The van der Waals surface area contributed by atoms with E-state index in [1.54, 1.807) is 0 Å². The van der Waals surface area contributed by atoms with Crippen LogP contribution < -0.4 is 0 Å². The minimum Gasteiger partial charge on any atom is -0.355 e. The van der Waals surface area contributed by atoms with Crippen molar-refractivity contribution in [3.05, 3.63) is 12.2 Å². The van der Waals surface area contributed by atoms with Crippen LogP contribution in [0.1, 0.15) is 38.5 Å². The lowest BCUT2D eigenvalue weighted by molar-refractivity contribution is -0.428. The molecule has 4 bridgehead atoms. The van der Waals surface area contributed by atoms with Gasteiger partial charge in [0.25, 0.3) is 5.60 Å². The molecule has 160 valence electrons. The van der Waals surface area contributed by atoms with Crippen molar-refractivity contribution in [3.63, 3.8) is 0 Å². The van der Waals surface area contributed by atoms with Crippen molar-refractivity contribution < 1.29 is 40.2 Å². The molecule has 0 radical (unpaired) electrons. The molecule has 9 heteroatoms. The largest absolute Gasteiger partial charge is 0.429 e. The highest BCUT2D eigenvalue weighted by Gasteiger charge is 2.84. The average molecular weight is 416 g/mol. The van der Waals surface area contributed by atoms with Gasteiger partial charge in [-0.2, -0.15) is 26.3 Å². The van der Waals surface area contributed by atoms with E-state index in [1.165, 1.54) is 6.08 Å². The van der Waals surface area contributed by atoms with E-state index in [2.05, 4.69) is 4.74 Å². The fourth-order valence-electron chi connectivity index (χ4n) is 6.03. The van der Waals surface area contributed by atoms with Gasteiger partial charge >= 0.3 is 12.4 Å². The number of halogens is 7. The van der Waals surface area contributed by atoms with E-state index < -0.39 is 48.7 Å². The molecule has 0 aromatic carbocycles. The van der Waals surface area contributed by atoms with Crippen LogP contribution in [0.3, 0.4) is 0 Å². The van der Waals surface area contributed by atoms with Gasteiger partial charge < -0.3 is 9.47 Å². The lowest BCUT2D eigenvalue weighted by atomic mass is 9.74. The summed E-state index contributed by atoms with van der Waals surface area (Å²) in [6.07, 6.45) is -6.24. The molecule has 0 saturated heterocycles. The van der Waals surface area contributed by atoms with Crippen LogP contribution in [0.2, 0.25) is 0 Å². The van der Waals surface area contributed by atoms with E-state index in [9.17, 15) is 26.3 Å². The van der Waals surface area contributed by atoms with Crippen LogP contribution in [-0.4, -0.2) is 37.0 Å². The third-order valence-electron chi connectivity index (χ3n) is 7.28. The lowest BCUT2D eigenvalue weighted by Gasteiger charge is -2.47. The van der Waals surface area contributed by atoms with Gasteiger partial charge in [-0.1, -0.05) is 18.6 Å². The zero-order valence-corrected chi connectivity index (χ0v) is 15.2. The number of allylic oxidation sites excluding steroid dienone is 2. The summed E-state index contributed by atoms with van der Waals surface area (Å²) in [5.41, 5.74) is -8.50. The van der Waals surface area contributed by atoms with E-state index in [0.717, 1.165) is 31.8 Å². The molecule has 4 aliphatic rings. The second-order valence-corrected chi connectivity index (χ2v) is 8.80. The molecule has 0 N–H and O–H groups in total. The summed E-state index contributed by atoms with van der Waals surface area (Å²) in [7, 11) is 0. The maximum atomic E-state index is 15.5. The fourth-order valence-corrected chi connectivity index (χ4v) is 6.03. The molecule has 6 atom stereocenters. The van der Waals surface area contributed by atoms with Gasteiger partial charge in [0.1, 0.15) is 6.79 Å². The maximum Gasteiger partial charge on any atom is 0.429 e. The molecule has 3 saturated carbocycles. The van der Waals surface area contributed by atoms with Crippen molar-refractivity contribution in [1.82, 2.24) is 0 Å². The Kier molecular flexibility index (Phi) is 4.81. The molecule has 4 aliphatic carbocycles. The van der Waals surface area contributed by atoms with Gasteiger partial charge in [0.05, 0.1) is 6.61 Å². The Labute approximate surface area is 158 Å². The quantitative estimate of drug-likeness (QED) is 0.244. The van der Waals surface area contributed by atoms with Gasteiger partial charge in [-0.05, 0) is 55.8 Å². The van der Waals surface area contributed by atoms with Crippen LogP contribution >= 0.6 is 0 Å². The smallest absolute Gasteiger partial charge is 0.355 e.